The summed E-state index contributed by atoms with van der Waals surface area (Å²) in [4.78, 5) is 11.7. The molecular weight excluding hydrogens is 382 g/mol. The van der Waals surface area contributed by atoms with Crippen LogP contribution in [0.3, 0.4) is 0 Å². The summed E-state index contributed by atoms with van der Waals surface area (Å²) in [6.45, 7) is 2.93. The van der Waals surface area contributed by atoms with Crippen LogP contribution in [0.15, 0.2) is 25.2 Å². The Labute approximate surface area is 134 Å². The van der Waals surface area contributed by atoms with Crippen molar-refractivity contribution in [2.75, 3.05) is 0 Å². The Kier molecular flexibility index (Phi) is 4.57. The Bertz CT molecular complexity index is 791. The van der Waals surface area contributed by atoms with Crippen LogP contribution in [0.2, 0.25) is 0 Å². The van der Waals surface area contributed by atoms with E-state index in [9.17, 15) is 13.2 Å². The maximum atomic E-state index is 12.3. The Morgan fingerprint density at radius 2 is 2.05 bits per heavy atom. The average molecular weight is 394 g/mol. The molecule has 6 nitrogen and oxygen atoms in total. The summed E-state index contributed by atoms with van der Waals surface area (Å²) >= 11 is 4.69. The molecule has 2 rings (SSSR count). The quantitative estimate of drug-likeness (QED) is 0.813. The van der Waals surface area contributed by atoms with Gasteiger partial charge in [-0.05, 0) is 41.9 Å². The monoisotopic (exact) mass is 393 g/mol. The third-order valence-corrected chi connectivity index (χ3v) is 5.93. The summed E-state index contributed by atoms with van der Waals surface area (Å²) in [6, 6.07) is 3.59. The van der Waals surface area contributed by atoms with E-state index < -0.39 is 16.0 Å². The van der Waals surface area contributed by atoms with Crippen LogP contribution in [0.1, 0.15) is 26.8 Å². The second-order valence-electron chi connectivity index (χ2n) is 4.25. The zero-order valence-corrected chi connectivity index (χ0v) is 14.4. The van der Waals surface area contributed by atoms with E-state index in [2.05, 4.69) is 20.7 Å². The van der Waals surface area contributed by atoms with E-state index in [4.69, 9.17) is 9.52 Å². The molecule has 2 N–H and O–H groups in total. The van der Waals surface area contributed by atoms with Gasteiger partial charge in [-0.3, -0.25) is 0 Å². The molecule has 0 fully saturated rings. The van der Waals surface area contributed by atoms with E-state index in [0.717, 1.165) is 8.66 Å². The van der Waals surface area contributed by atoms with Gasteiger partial charge in [0.1, 0.15) is 22.0 Å². The van der Waals surface area contributed by atoms with E-state index in [1.807, 2.05) is 6.07 Å². The second-order valence-corrected chi connectivity index (χ2v) is 8.51. The molecule has 9 heteroatoms. The van der Waals surface area contributed by atoms with Gasteiger partial charge in [-0.25, -0.2) is 17.9 Å². The molecule has 0 amide bonds. The summed E-state index contributed by atoms with van der Waals surface area (Å²) in [5.41, 5.74) is -0.327. The highest BCUT2D eigenvalue weighted by Gasteiger charge is 2.30. The molecule has 21 heavy (non-hydrogen) atoms. The highest BCUT2D eigenvalue weighted by molar-refractivity contribution is 9.11. The number of sulfonamides is 1. The number of furan rings is 1. The first kappa shape index (κ1) is 16.2. The summed E-state index contributed by atoms with van der Waals surface area (Å²) < 4.78 is 33.1. The summed E-state index contributed by atoms with van der Waals surface area (Å²) in [6.07, 6.45) is 0. The molecule has 2 aromatic rings. The van der Waals surface area contributed by atoms with Gasteiger partial charge in [0.25, 0.3) is 0 Å². The molecule has 0 spiro atoms. The van der Waals surface area contributed by atoms with Crippen molar-refractivity contribution in [3.8, 4) is 0 Å². The molecule has 2 aromatic heterocycles. The van der Waals surface area contributed by atoms with Crippen molar-refractivity contribution in [2.24, 2.45) is 0 Å². The van der Waals surface area contributed by atoms with Crippen molar-refractivity contribution in [3.05, 3.63) is 37.9 Å². The smallest absolute Gasteiger partial charge is 0.340 e. The number of rotatable bonds is 5. The number of halogens is 1. The van der Waals surface area contributed by atoms with Gasteiger partial charge in [-0.15, -0.1) is 11.3 Å². The van der Waals surface area contributed by atoms with Gasteiger partial charge in [0.05, 0.1) is 3.79 Å². The normalized spacial score (nSPS) is 11.8. The fourth-order valence-corrected chi connectivity index (χ4v) is 4.84. The number of carboxylic acids is 1. The summed E-state index contributed by atoms with van der Waals surface area (Å²) in [5.74, 6) is -1.20. The van der Waals surface area contributed by atoms with Crippen LogP contribution in [0.25, 0.3) is 0 Å². The van der Waals surface area contributed by atoms with Gasteiger partial charge >= 0.3 is 5.97 Å². The van der Waals surface area contributed by atoms with E-state index in [1.165, 1.54) is 25.2 Å². The Morgan fingerprint density at radius 3 is 2.57 bits per heavy atom. The van der Waals surface area contributed by atoms with Gasteiger partial charge in [0, 0.05) is 11.4 Å². The first-order valence-electron chi connectivity index (χ1n) is 5.79. The highest BCUT2D eigenvalue weighted by Crippen LogP contribution is 2.27. The molecular formula is C12H12BrNO5S2. The number of aryl methyl sites for hydroxylation is 2. The average Bonchev–Trinajstić information content (AvgIpc) is 2.90. The standard InChI is InChI=1S/C12H12BrNO5S2/c1-6-10(12(15)16)11(7(2)19-6)21(17,18)14-5-8-3-4-9(13)20-8/h3-4,14H,5H2,1-2H3,(H,15,16). The zero-order valence-electron chi connectivity index (χ0n) is 11.1. The SMILES string of the molecule is Cc1oc(C)c(S(=O)(=O)NCc2ccc(Br)s2)c1C(=O)O. The topological polar surface area (TPSA) is 96.6 Å². The number of aromatic carboxylic acids is 1. The van der Waals surface area contributed by atoms with Gasteiger partial charge in [-0.1, -0.05) is 0 Å². The third kappa shape index (κ3) is 3.37. The third-order valence-electron chi connectivity index (χ3n) is 2.75. The van der Waals surface area contributed by atoms with Gasteiger partial charge in [0.15, 0.2) is 0 Å². The number of nitrogens with one attached hydrogen (secondary N) is 1. The number of hydrogen-bond donors (Lipinski definition) is 2. The number of carboxylic acid groups (broad SMARTS) is 1. The molecule has 0 saturated carbocycles. The van der Waals surface area contributed by atoms with Crippen LogP contribution in [0.5, 0.6) is 0 Å². The Balaban J connectivity index is 2.34. The predicted molar refractivity (Wildman–Crippen MR) is 81.2 cm³/mol. The van der Waals surface area contributed by atoms with Crippen LogP contribution < -0.4 is 4.72 Å². The van der Waals surface area contributed by atoms with Crippen LogP contribution in [0.4, 0.5) is 0 Å². The van der Waals surface area contributed by atoms with Crippen LogP contribution in [-0.2, 0) is 16.6 Å². The maximum Gasteiger partial charge on any atom is 0.340 e. The fraction of sp³-hybridized carbons (Fsp3) is 0.250. The molecule has 0 bridgehead atoms. The molecule has 0 saturated heterocycles. The van der Waals surface area contributed by atoms with Crippen molar-refractivity contribution in [3.63, 3.8) is 0 Å². The maximum absolute atomic E-state index is 12.3. The molecule has 0 aliphatic rings. The van der Waals surface area contributed by atoms with Crippen molar-refractivity contribution < 1.29 is 22.7 Å². The lowest BCUT2D eigenvalue weighted by Gasteiger charge is -2.05. The summed E-state index contributed by atoms with van der Waals surface area (Å²) in [5, 5.41) is 9.16. The second kappa shape index (κ2) is 5.91. The molecule has 0 unspecified atom stereocenters. The van der Waals surface area contributed by atoms with Crippen LogP contribution in [-0.4, -0.2) is 19.5 Å². The lowest BCUT2D eigenvalue weighted by Crippen LogP contribution is -2.25. The van der Waals surface area contributed by atoms with Crippen LogP contribution >= 0.6 is 27.3 Å². The Hall–Kier alpha value is -1.16. The number of thiophene rings is 1. The highest BCUT2D eigenvalue weighted by atomic mass is 79.9. The van der Waals surface area contributed by atoms with Crippen molar-refractivity contribution in [2.45, 2.75) is 25.3 Å². The lowest BCUT2D eigenvalue weighted by molar-refractivity contribution is 0.0691. The first-order valence-corrected chi connectivity index (χ1v) is 8.89. The molecule has 0 aromatic carbocycles. The minimum absolute atomic E-state index is 0.0600. The van der Waals surface area contributed by atoms with Crippen molar-refractivity contribution in [1.82, 2.24) is 4.72 Å². The van der Waals surface area contributed by atoms with Gasteiger partial charge in [-0.2, -0.15) is 0 Å². The van der Waals surface area contributed by atoms with Crippen molar-refractivity contribution >= 4 is 43.3 Å². The molecule has 114 valence electrons. The van der Waals surface area contributed by atoms with Gasteiger partial charge < -0.3 is 9.52 Å². The van der Waals surface area contributed by atoms with Gasteiger partial charge in [0.2, 0.25) is 10.0 Å². The summed E-state index contributed by atoms with van der Waals surface area (Å²) in [7, 11) is -3.97. The number of carbonyl (C=O) groups is 1. The molecule has 2 heterocycles. The molecule has 0 aliphatic carbocycles. The first-order chi connectivity index (χ1) is 9.72. The molecule has 0 aliphatic heterocycles. The van der Waals surface area contributed by atoms with E-state index >= 15 is 0 Å². The van der Waals surface area contributed by atoms with E-state index in [0.29, 0.717) is 0 Å². The van der Waals surface area contributed by atoms with Crippen molar-refractivity contribution in [1.29, 1.82) is 0 Å². The van der Waals surface area contributed by atoms with E-state index in [1.54, 1.807) is 6.07 Å². The fourth-order valence-electron chi connectivity index (χ4n) is 1.92. The lowest BCUT2D eigenvalue weighted by atomic mass is 10.2. The van der Waals surface area contributed by atoms with E-state index in [-0.39, 0.29) is 28.5 Å². The molecule has 0 atom stereocenters. The predicted octanol–water partition coefficient (Wildman–Crippen LogP) is 2.90. The van der Waals surface area contributed by atoms with Crippen LogP contribution in [0, 0.1) is 13.8 Å². The largest absolute Gasteiger partial charge is 0.478 e. The minimum atomic E-state index is -3.97. The zero-order chi connectivity index (χ0) is 15.8. The Morgan fingerprint density at radius 1 is 1.38 bits per heavy atom. The number of hydrogen-bond acceptors (Lipinski definition) is 5. The molecule has 0 radical (unpaired) electrons. The minimum Gasteiger partial charge on any atom is -0.478 e.